The van der Waals surface area contributed by atoms with E-state index in [0.717, 1.165) is 16.7 Å². The van der Waals surface area contributed by atoms with Crippen LogP contribution in [-0.2, 0) is 7.05 Å². The molecule has 0 unspecified atom stereocenters. The Bertz CT molecular complexity index is 1170. The third-order valence-corrected chi connectivity index (χ3v) is 4.42. The van der Waals surface area contributed by atoms with Crippen LogP contribution in [0.25, 0.3) is 22.6 Å². The van der Waals surface area contributed by atoms with E-state index in [2.05, 4.69) is 15.3 Å². The summed E-state index contributed by atoms with van der Waals surface area (Å²) in [4.78, 5) is 21.5. The molecule has 0 spiro atoms. The topological polar surface area (TPSA) is 59.8 Å². The number of imidazole rings is 1. The zero-order chi connectivity index (χ0) is 19.0. The summed E-state index contributed by atoms with van der Waals surface area (Å²) in [5.41, 5.74) is 2.70. The first-order chi connectivity index (χ1) is 13.0. The van der Waals surface area contributed by atoms with Gasteiger partial charge in [0.1, 0.15) is 17.2 Å². The summed E-state index contributed by atoms with van der Waals surface area (Å²) in [7, 11) is 1.87. The molecule has 5 nitrogen and oxygen atoms in total. The molecule has 0 radical (unpaired) electrons. The maximum absolute atomic E-state index is 13.9. The molecule has 1 amide bonds. The van der Waals surface area contributed by atoms with Crippen LogP contribution in [0.4, 0.5) is 10.1 Å². The SMILES string of the molecule is Cn1c(-c2cccc(C(=O)Nc3cc(Cl)ccc3F)c2)nc2cccnc21. The minimum atomic E-state index is -0.551. The zero-order valence-corrected chi connectivity index (χ0v) is 15.0. The van der Waals surface area contributed by atoms with Crippen LogP contribution in [0, 0.1) is 5.82 Å². The number of benzene rings is 2. The number of aryl methyl sites for hydroxylation is 1. The number of carbonyl (C=O) groups is 1. The number of halogens is 2. The zero-order valence-electron chi connectivity index (χ0n) is 14.3. The van der Waals surface area contributed by atoms with Crippen molar-refractivity contribution in [1.82, 2.24) is 14.5 Å². The third-order valence-electron chi connectivity index (χ3n) is 4.19. The van der Waals surface area contributed by atoms with Crippen molar-refractivity contribution in [1.29, 1.82) is 0 Å². The smallest absolute Gasteiger partial charge is 0.255 e. The number of nitrogens with one attached hydrogen (secondary N) is 1. The fourth-order valence-electron chi connectivity index (χ4n) is 2.87. The normalized spacial score (nSPS) is 10.9. The molecule has 0 aliphatic rings. The van der Waals surface area contributed by atoms with E-state index in [4.69, 9.17) is 11.6 Å². The highest BCUT2D eigenvalue weighted by Crippen LogP contribution is 2.24. The van der Waals surface area contributed by atoms with Crippen LogP contribution in [0.1, 0.15) is 10.4 Å². The van der Waals surface area contributed by atoms with Gasteiger partial charge >= 0.3 is 0 Å². The van der Waals surface area contributed by atoms with E-state index in [9.17, 15) is 9.18 Å². The van der Waals surface area contributed by atoms with Gasteiger partial charge < -0.3 is 9.88 Å². The number of anilines is 1. The summed E-state index contributed by atoms with van der Waals surface area (Å²) in [5.74, 6) is -0.299. The van der Waals surface area contributed by atoms with Crippen LogP contribution < -0.4 is 5.32 Å². The molecular weight excluding hydrogens is 367 g/mol. The predicted molar refractivity (Wildman–Crippen MR) is 103 cm³/mol. The molecule has 4 aromatic rings. The highest BCUT2D eigenvalue weighted by Gasteiger charge is 2.14. The first-order valence-corrected chi connectivity index (χ1v) is 8.55. The molecule has 0 bridgehead atoms. The number of carbonyl (C=O) groups excluding carboxylic acids is 1. The van der Waals surface area contributed by atoms with E-state index in [0.29, 0.717) is 16.4 Å². The lowest BCUT2D eigenvalue weighted by molar-refractivity contribution is 0.102. The first-order valence-electron chi connectivity index (χ1n) is 8.17. The number of aromatic nitrogens is 3. The van der Waals surface area contributed by atoms with E-state index >= 15 is 0 Å². The Labute approximate surface area is 159 Å². The summed E-state index contributed by atoms with van der Waals surface area (Å²) < 4.78 is 15.7. The fraction of sp³-hybridized carbons (Fsp3) is 0.0500. The molecule has 0 saturated heterocycles. The van der Waals surface area contributed by atoms with Crippen molar-refractivity contribution in [3.05, 3.63) is 77.2 Å². The molecule has 7 heteroatoms. The quantitative estimate of drug-likeness (QED) is 0.561. The molecule has 2 aromatic carbocycles. The highest BCUT2D eigenvalue weighted by molar-refractivity contribution is 6.31. The molecule has 1 N–H and O–H groups in total. The Morgan fingerprint density at radius 1 is 1.15 bits per heavy atom. The second kappa shape index (κ2) is 6.81. The summed E-state index contributed by atoms with van der Waals surface area (Å²) in [6, 6.07) is 14.7. The van der Waals surface area contributed by atoms with Gasteiger partial charge in [-0.15, -0.1) is 0 Å². The third kappa shape index (κ3) is 3.27. The molecule has 0 fully saturated rings. The second-order valence-corrected chi connectivity index (χ2v) is 6.44. The lowest BCUT2D eigenvalue weighted by atomic mass is 10.1. The summed E-state index contributed by atoms with van der Waals surface area (Å²) in [6.45, 7) is 0. The lowest BCUT2D eigenvalue weighted by Crippen LogP contribution is -2.13. The first kappa shape index (κ1) is 17.2. The number of amides is 1. The molecule has 2 aromatic heterocycles. The molecule has 0 saturated carbocycles. The Balaban J connectivity index is 1.68. The average molecular weight is 381 g/mol. The van der Waals surface area contributed by atoms with Crippen molar-refractivity contribution in [2.75, 3.05) is 5.32 Å². The number of fused-ring (bicyclic) bond motifs is 1. The second-order valence-electron chi connectivity index (χ2n) is 6.00. The lowest BCUT2D eigenvalue weighted by Gasteiger charge is -2.08. The van der Waals surface area contributed by atoms with Crippen molar-refractivity contribution < 1.29 is 9.18 Å². The van der Waals surface area contributed by atoms with Gasteiger partial charge in [-0.2, -0.15) is 0 Å². The van der Waals surface area contributed by atoms with Crippen molar-refractivity contribution in [2.45, 2.75) is 0 Å². The summed E-state index contributed by atoms with van der Waals surface area (Å²) in [5, 5.41) is 2.89. The molecule has 0 aliphatic carbocycles. The summed E-state index contributed by atoms with van der Waals surface area (Å²) >= 11 is 5.87. The fourth-order valence-corrected chi connectivity index (χ4v) is 3.04. The van der Waals surface area contributed by atoms with Crippen LogP contribution in [0.3, 0.4) is 0 Å². The van der Waals surface area contributed by atoms with Crippen LogP contribution in [0.5, 0.6) is 0 Å². The maximum Gasteiger partial charge on any atom is 0.255 e. The van der Waals surface area contributed by atoms with Crippen LogP contribution in [0.15, 0.2) is 60.8 Å². The van der Waals surface area contributed by atoms with Crippen molar-refractivity contribution in [3.63, 3.8) is 0 Å². The Hall–Kier alpha value is -3.25. The summed E-state index contributed by atoms with van der Waals surface area (Å²) in [6.07, 6.45) is 1.71. The Morgan fingerprint density at radius 3 is 2.81 bits per heavy atom. The number of rotatable bonds is 3. The molecular formula is C20H14ClFN4O. The van der Waals surface area contributed by atoms with Crippen LogP contribution >= 0.6 is 11.6 Å². The molecule has 0 atom stereocenters. The Morgan fingerprint density at radius 2 is 2.00 bits per heavy atom. The number of pyridine rings is 1. The monoisotopic (exact) mass is 380 g/mol. The highest BCUT2D eigenvalue weighted by atomic mass is 35.5. The van der Waals surface area contributed by atoms with Gasteiger partial charge in [0.25, 0.3) is 5.91 Å². The van der Waals surface area contributed by atoms with Crippen LogP contribution in [0.2, 0.25) is 5.02 Å². The van der Waals surface area contributed by atoms with E-state index in [1.807, 2.05) is 29.8 Å². The van der Waals surface area contributed by atoms with Crippen molar-refractivity contribution >= 4 is 34.4 Å². The van der Waals surface area contributed by atoms with E-state index in [1.54, 1.807) is 24.4 Å². The van der Waals surface area contributed by atoms with Gasteiger partial charge in [0, 0.05) is 29.4 Å². The standard InChI is InChI=1S/C20H14ClFN4O/c1-26-18(24-16-6-3-9-23-19(16)26)12-4-2-5-13(10-12)20(27)25-17-11-14(21)7-8-15(17)22/h2-11H,1H3,(H,25,27). The maximum atomic E-state index is 13.9. The molecule has 2 heterocycles. The predicted octanol–water partition coefficient (Wildman–Crippen LogP) is 4.68. The van der Waals surface area contributed by atoms with Gasteiger partial charge in [0.15, 0.2) is 5.65 Å². The largest absolute Gasteiger partial charge is 0.319 e. The van der Waals surface area contributed by atoms with Gasteiger partial charge in [-0.05, 0) is 42.5 Å². The van der Waals surface area contributed by atoms with E-state index in [1.165, 1.54) is 18.2 Å². The van der Waals surface area contributed by atoms with Crippen molar-refractivity contribution in [3.8, 4) is 11.4 Å². The average Bonchev–Trinajstić information content (AvgIpc) is 3.02. The number of nitrogens with zero attached hydrogens (tertiary/aromatic N) is 3. The van der Waals surface area contributed by atoms with E-state index < -0.39 is 11.7 Å². The number of hydrogen-bond donors (Lipinski definition) is 1. The Kier molecular flexibility index (Phi) is 4.33. The van der Waals surface area contributed by atoms with Gasteiger partial charge in [-0.25, -0.2) is 14.4 Å². The molecule has 4 rings (SSSR count). The van der Waals surface area contributed by atoms with Gasteiger partial charge in [0.2, 0.25) is 0 Å². The molecule has 134 valence electrons. The van der Waals surface area contributed by atoms with Crippen LogP contribution in [-0.4, -0.2) is 20.4 Å². The minimum Gasteiger partial charge on any atom is -0.319 e. The van der Waals surface area contributed by atoms with Gasteiger partial charge in [-0.3, -0.25) is 4.79 Å². The molecule has 27 heavy (non-hydrogen) atoms. The van der Waals surface area contributed by atoms with Crippen molar-refractivity contribution in [2.24, 2.45) is 7.05 Å². The van der Waals surface area contributed by atoms with E-state index in [-0.39, 0.29) is 5.69 Å². The number of hydrogen-bond acceptors (Lipinski definition) is 3. The minimum absolute atomic E-state index is 0.0323. The van der Waals surface area contributed by atoms with Gasteiger partial charge in [-0.1, -0.05) is 23.7 Å². The van der Waals surface area contributed by atoms with Gasteiger partial charge in [0.05, 0.1) is 5.69 Å². The molecule has 0 aliphatic heterocycles.